The topological polar surface area (TPSA) is 16.1 Å². The van der Waals surface area contributed by atoms with Gasteiger partial charge in [-0.3, -0.25) is 4.70 Å². The van der Waals surface area contributed by atoms with Crippen molar-refractivity contribution in [2.75, 3.05) is 13.6 Å². The lowest BCUT2D eigenvalue weighted by Gasteiger charge is -2.20. The maximum absolute atomic E-state index is 8.00. The van der Waals surface area contributed by atoms with Crippen molar-refractivity contribution in [2.45, 2.75) is 13.0 Å². The highest BCUT2D eigenvalue weighted by Gasteiger charge is 2.14. The van der Waals surface area contributed by atoms with Gasteiger partial charge in [-0.05, 0) is 7.05 Å². The second-order valence-corrected chi connectivity index (χ2v) is 3.65. The van der Waals surface area contributed by atoms with Crippen LogP contribution in [0.25, 0.3) is 0 Å². The van der Waals surface area contributed by atoms with Gasteiger partial charge in [0.1, 0.15) is 0 Å². The summed E-state index contributed by atoms with van der Waals surface area (Å²) in [7, 11) is 2.16. The Labute approximate surface area is 419 Å². The molecule has 0 saturated heterocycles. The number of hydrogen-bond donors (Lipinski definition) is 0. The molecular formula is C7H11F77N2S. The van der Waals surface area contributed by atoms with Crippen LogP contribution in [0.3, 0.4) is 0 Å². The maximum Gasteiger partial charge on any atom is 0.0798 e. The van der Waals surface area contributed by atoms with Crippen molar-refractivity contribution in [3.8, 4) is 0 Å². The van der Waals surface area contributed by atoms with Gasteiger partial charge in [0.25, 0.3) is 0 Å². The van der Waals surface area contributed by atoms with Crippen LogP contribution in [0.15, 0.2) is 5.51 Å². The van der Waals surface area contributed by atoms with Crippen LogP contribution < -0.4 is 0 Å². The lowest BCUT2D eigenvalue weighted by atomic mass is 10.2. The third-order valence-electron chi connectivity index (χ3n) is 1.87. The lowest BCUT2D eigenvalue weighted by molar-refractivity contribution is 0.108. The molecule has 594 valence electrons. The van der Waals surface area contributed by atoms with Gasteiger partial charge in [0.2, 0.25) is 0 Å². The molecule has 2 nitrogen and oxygen atoms in total. The second kappa shape index (κ2) is 5940. The van der Waals surface area contributed by atoms with Crippen LogP contribution in [0.4, 0.5) is 352 Å². The number of aromatic nitrogens is 1. The number of thiazole rings is 1. The number of nitrogens with zero attached hydrogens (tertiary/aromatic N) is 2. The fourth-order valence-electron chi connectivity index (χ4n) is 1.25. The van der Waals surface area contributed by atoms with Crippen molar-refractivity contribution in [1.82, 2.24) is 9.88 Å². The van der Waals surface area contributed by atoms with E-state index in [9.17, 15) is 0 Å². The first kappa shape index (κ1) is 280. The van der Waals surface area contributed by atoms with Crippen LogP contribution in [0.2, 0.25) is 0 Å². The Morgan fingerprint density at radius 3 is 0.437 bits per heavy atom. The summed E-state index contributed by atoms with van der Waals surface area (Å²) < 4.78 is 608. The van der Waals surface area contributed by atoms with Gasteiger partial charge in [0.05, 0.1) is 11.2 Å². The summed E-state index contributed by atoms with van der Waals surface area (Å²) in [5, 5.41) is 0. The number of likely N-dealkylation sites (N-methyl/N-ethyl adjacent to an activating group) is 1. The Hall–Kier alpha value is -5.80. The average Bonchev–Trinajstić information content (AvgIpc) is 4.21. The van der Waals surface area contributed by atoms with Crippen molar-refractivity contribution >= 4 is 11.3 Å². The minimum atomic E-state index is 0. The van der Waals surface area contributed by atoms with Gasteiger partial charge in [-0.1, -0.05) is 0 Å². The highest BCUT2D eigenvalue weighted by molar-refractivity contribution is 7.09. The monoisotopic (exact) mass is 1620 g/mol. The van der Waals surface area contributed by atoms with E-state index in [4.69, 9.17) is 348 Å². The number of rotatable bonds is 0. The standard InChI is InChI=1S/C7H10N2S.38F2.FH/c1-9-3-2-6-7(4-9)10-5-8-6;38*1-2;/h5H,2-4H2,1H3;;;;;;;;;;;;;;;;;;;;;;;;;;;;;;;;;;;;;;;1H. The van der Waals surface area contributed by atoms with Crippen LogP contribution in [0.1, 0.15) is 10.6 Å². The molecule has 1 aliphatic rings. The predicted octanol–water partition coefficient (Wildman–Crippen LogP) is 33.2. The van der Waals surface area contributed by atoms with Crippen molar-refractivity contribution in [3.63, 3.8) is 0 Å². The summed E-state index contributed by atoms with van der Waals surface area (Å²) in [6, 6.07) is 0. The quantitative estimate of drug-likeness (QED) is 0.241. The molecule has 0 radical (unpaired) electrons. The normalized spacial score (nSPS) is 4.79. The molecule has 1 aromatic heterocycles. The van der Waals surface area contributed by atoms with E-state index in [1.54, 1.807) is 11.3 Å². The summed E-state index contributed by atoms with van der Waals surface area (Å²) in [6.45, 7) is 2.26. The van der Waals surface area contributed by atoms with Crippen molar-refractivity contribution in [3.05, 3.63) is 16.1 Å². The van der Waals surface area contributed by atoms with Crippen molar-refractivity contribution in [1.29, 1.82) is 0 Å². The van der Waals surface area contributed by atoms with Gasteiger partial charge < -0.3 is 4.90 Å². The molecule has 0 amide bonds. The first-order valence-corrected chi connectivity index (χ1v) is 9.77. The SMILES string of the molecule is CN1CCc2ncsc2C1.F.FF.FF.FF.FF.FF.FF.FF.FF.FF.FF.FF.FF.FF.FF.FF.FF.FF.FF.FF.FF.FF.FF.FF.FF.FF.FF.FF.FF.FF.FF.FF.FF.FF.FF.FF.FF.FF.FF. The molecule has 1 aromatic rings. The Bertz CT molecular complexity index is 276. The predicted molar refractivity (Wildman–Crippen MR) is 129 cm³/mol. The molecule has 0 N–H and O–H groups in total. The van der Waals surface area contributed by atoms with Crippen LogP contribution in [-0.2, 0) is 13.0 Å². The van der Waals surface area contributed by atoms with E-state index < -0.39 is 0 Å². The summed E-state index contributed by atoms with van der Waals surface area (Å²) in [4.78, 5) is 8.07. The summed E-state index contributed by atoms with van der Waals surface area (Å²) in [5.41, 5.74) is 3.27. The van der Waals surface area contributed by atoms with E-state index in [2.05, 4.69) is 16.9 Å². The molecule has 0 aliphatic carbocycles. The molecule has 0 unspecified atom stereocenters. The van der Waals surface area contributed by atoms with Crippen molar-refractivity contribution in [2.24, 2.45) is 0 Å². The fourth-order valence-corrected chi connectivity index (χ4v) is 2.14. The van der Waals surface area contributed by atoms with E-state index >= 15 is 0 Å². The minimum Gasteiger partial charge on any atom is -0.301 e. The Balaban J connectivity index is -0.00000000803. The van der Waals surface area contributed by atoms with Crippen LogP contribution >= 0.6 is 11.3 Å². The third kappa shape index (κ3) is 2810. The first-order valence-electron chi connectivity index (χ1n) is 8.89. The first-order chi connectivity index (χ1) is 42.9. The fraction of sp³-hybridized carbons (Fsp3) is 0.571. The molecule has 0 bridgehead atoms. The van der Waals surface area contributed by atoms with Crippen LogP contribution in [0, 0.1) is 0 Å². The molecule has 1 aliphatic heterocycles. The molecule has 2 heterocycles. The Kier molecular flexibility index (Phi) is 19100. The summed E-state index contributed by atoms with van der Waals surface area (Å²) in [5.74, 6) is 0. The molecule has 0 atom stereocenters. The molecule has 0 fully saturated rings. The molecule has 87 heavy (non-hydrogen) atoms. The van der Waals surface area contributed by atoms with Gasteiger partial charge in [-0.25, -0.2) is 4.98 Å². The molecular weight excluding hydrogens is 1610 g/mol. The molecule has 80 heteroatoms. The second-order valence-electron chi connectivity index (χ2n) is 2.71. The highest BCUT2D eigenvalue weighted by Crippen LogP contribution is 2.19. The van der Waals surface area contributed by atoms with Gasteiger partial charge in [-0.2, -0.15) is 0 Å². The zero-order valence-corrected chi connectivity index (χ0v) is 36.0. The van der Waals surface area contributed by atoms with E-state index in [-0.39, 0.29) is 4.70 Å². The highest BCUT2D eigenvalue weighted by atomic mass is 32.1. The van der Waals surface area contributed by atoms with E-state index in [1.165, 1.54) is 10.6 Å². The van der Waals surface area contributed by atoms with Crippen LogP contribution in [0.5, 0.6) is 0 Å². The lowest BCUT2D eigenvalue weighted by Crippen LogP contribution is -2.25. The maximum atomic E-state index is 8.00. The zero-order valence-electron chi connectivity index (χ0n) is 35.1. The van der Waals surface area contributed by atoms with Gasteiger partial charge in [-0.15, -0.1) is 11.3 Å². The molecule has 0 spiro atoms. The smallest absolute Gasteiger partial charge is 0.0798 e. The molecule has 2 rings (SSSR count). The number of halogens is 77. The molecule has 0 aromatic carbocycles. The van der Waals surface area contributed by atoms with E-state index in [0.717, 1.165) is 19.5 Å². The minimum absolute atomic E-state index is 0. The van der Waals surface area contributed by atoms with E-state index in [1.807, 2.05) is 5.51 Å². The third-order valence-corrected chi connectivity index (χ3v) is 2.73. The van der Waals surface area contributed by atoms with Gasteiger partial charge in [0, 0.05) is 372 Å². The van der Waals surface area contributed by atoms with Crippen LogP contribution in [-0.4, -0.2) is 23.5 Å². The summed E-state index contributed by atoms with van der Waals surface area (Å²) in [6.07, 6.45) is 1.13. The van der Waals surface area contributed by atoms with E-state index in [0.29, 0.717) is 0 Å². The largest absolute Gasteiger partial charge is 0.301 e. The van der Waals surface area contributed by atoms with Gasteiger partial charge >= 0.3 is 0 Å². The Morgan fingerprint density at radius 2 is 0.333 bits per heavy atom. The number of hydrogen-bond acceptors (Lipinski definition) is 3. The number of fused-ring (bicyclic) bond motifs is 1. The van der Waals surface area contributed by atoms with Gasteiger partial charge in [0.15, 0.2) is 0 Å². The Morgan fingerprint density at radius 1 is 0.230 bits per heavy atom. The molecule has 0 saturated carbocycles. The average molecular weight is 1620 g/mol. The van der Waals surface area contributed by atoms with Crippen molar-refractivity contribution < 1.29 is 352 Å². The summed E-state index contributed by atoms with van der Waals surface area (Å²) >= 11 is 1.78. The zero-order chi connectivity index (χ0) is 83.0.